The smallest absolute Gasteiger partial charge is 0.407 e. The molecule has 2 atom stereocenters. The van der Waals surface area contributed by atoms with E-state index in [1.807, 2.05) is 60.6 Å². The van der Waals surface area contributed by atoms with Crippen molar-refractivity contribution < 1.29 is 38.1 Å². The number of aromatic hydroxyl groups is 1. The van der Waals surface area contributed by atoms with E-state index in [-0.39, 0.29) is 49.9 Å². The Morgan fingerprint density at radius 2 is 1.41 bits per heavy atom. The zero-order chi connectivity index (χ0) is 36.1. The molecule has 0 aliphatic heterocycles. The predicted molar refractivity (Wildman–Crippen MR) is 179 cm³/mol. The molecule has 0 spiro atoms. The maximum atomic E-state index is 13.8. The molecule has 0 saturated heterocycles. The third kappa shape index (κ3) is 21.9. The van der Waals surface area contributed by atoms with E-state index in [9.17, 15) is 28.3 Å². The highest BCUT2D eigenvalue weighted by molar-refractivity contribution is 5.81. The highest BCUT2D eigenvalue weighted by Crippen LogP contribution is 2.17. The second-order valence-corrected chi connectivity index (χ2v) is 12.1. The summed E-state index contributed by atoms with van der Waals surface area (Å²) in [6.45, 7) is 20.6. The summed E-state index contributed by atoms with van der Waals surface area (Å²) in [6, 6.07) is 10.3. The zero-order valence-electron chi connectivity index (χ0n) is 29.5. The van der Waals surface area contributed by atoms with E-state index in [0.717, 1.165) is 18.2 Å². The number of ether oxygens (including phenoxy) is 1. The lowest BCUT2D eigenvalue weighted by molar-refractivity contribution is -0.129. The Balaban J connectivity index is 0. The summed E-state index contributed by atoms with van der Waals surface area (Å²) in [6.07, 6.45) is -1.84. The van der Waals surface area contributed by atoms with Gasteiger partial charge in [-0.1, -0.05) is 66.2 Å². The van der Waals surface area contributed by atoms with Gasteiger partial charge in [0, 0.05) is 19.5 Å². The number of rotatable bonds is 11. The van der Waals surface area contributed by atoms with Gasteiger partial charge in [0.1, 0.15) is 29.1 Å². The summed E-state index contributed by atoms with van der Waals surface area (Å²) in [7, 11) is 0. The molecule has 3 amide bonds. The van der Waals surface area contributed by atoms with Crippen LogP contribution in [0.4, 0.5) is 13.6 Å². The molecule has 0 heterocycles. The standard InChI is InChI=1S/C24H37F2N3O5.C7H8O.2C2H6/c1-15(9-16-11-17(25)7-8-18(16)26)10-20(31)28-13-24(5,6)14-29-21(32)19(30)12-27-22(33)34-23(2,3)4;1-6-2-4-7(8)5-3-6;2*1-2/h7-8,11,15,19,30H,9-10,12-14H2,1-6H3,(H,27,33)(H,28,31)(H,29,32);2-5,8H,1H3;2*1-2H3/t15?,19-;;;/m0.../s1. The quantitative estimate of drug-likeness (QED) is 0.190. The maximum Gasteiger partial charge on any atom is 0.407 e. The Hall–Kier alpha value is -3.73. The van der Waals surface area contributed by atoms with Gasteiger partial charge in [-0.05, 0) is 81.3 Å². The monoisotopic (exact) mass is 653 g/mol. The number of alkyl carbamates (subject to hydrolysis) is 1. The van der Waals surface area contributed by atoms with Gasteiger partial charge in [-0.25, -0.2) is 13.6 Å². The third-order valence-electron chi connectivity index (χ3n) is 5.79. The van der Waals surface area contributed by atoms with Crippen molar-refractivity contribution >= 4 is 17.9 Å². The van der Waals surface area contributed by atoms with E-state index in [1.165, 1.54) is 5.56 Å². The molecule has 9 nitrogen and oxygen atoms in total. The number of aliphatic hydroxyl groups excluding tert-OH is 1. The van der Waals surface area contributed by atoms with Crippen LogP contribution in [0.5, 0.6) is 5.75 Å². The fraction of sp³-hybridized carbons (Fsp3) is 0.571. The van der Waals surface area contributed by atoms with Crippen molar-refractivity contribution in [1.29, 1.82) is 0 Å². The van der Waals surface area contributed by atoms with Crippen LogP contribution in [-0.2, 0) is 20.7 Å². The maximum absolute atomic E-state index is 13.8. The van der Waals surface area contributed by atoms with Gasteiger partial charge in [-0.3, -0.25) is 9.59 Å². The van der Waals surface area contributed by atoms with Crippen LogP contribution in [0.1, 0.15) is 86.8 Å². The molecule has 262 valence electrons. The van der Waals surface area contributed by atoms with E-state index in [4.69, 9.17) is 9.84 Å². The van der Waals surface area contributed by atoms with Crippen LogP contribution in [0.25, 0.3) is 0 Å². The van der Waals surface area contributed by atoms with Crippen LogP contribution >= 0.6 is 0 Å². The average molecular weight is 654 g/mol. The van der Waals surface area contributed by atoms with E-state index >= 15 is 0 Å². The largest absolute Gasteiger partial charge is 0.508 e. The van der Waals surface area contributed by atoms with Crippen LogP contribution in [0.15, 0.2) is 42.5 Å². The van der Waals surface area contributed by atoms with Crippen LogP contribution in [-0.4, -0.2) is 59.5 Å². The van der Waals surface area contributed by atoms with Gasteiger partial charge in [-0.15, -0.1) is 0 Å². The minimum Gasteiger partial charge on any atom is -0.508 e. The number of carbonyl (C=O) groups is 3. The van der Waals surface area contributed by atoms with Crippen molar-refractivity contribution in [2.45, 2.75) is 101 Å². The number of benzene rings is 2. The molecule has 0 saturated carbocycles. The van der Waals surface area contributed by atoms with Crippen molar-refractivity contribution in [1.82, 2.24) is 16.0 Å². The van der Waals surface area contributed by atoms with Crippen molar-refractivity contribution in [2.24, 2.45) is 11.3 Å². The Morgan fingerprint density at radius 3 is 1.93 bits per heavy atom. The second-order valence-electron chi connectivity index (χ2n) is 12.1. The van der Waals surface area contributed by atoms with Gasteiger partial charge in [0.05, 0.1) is 6.54 Å². The first-order valence-corrected chi connectivity index (χ1v) is 15.8. The third-order valence-corrected chi connectivity index (χ3v) is 5.79. The van der Waals surface area contributed by atoms with Crippen molar-refractivity contribution in [3.8, 4) is 5.75 Å². The molecule has 0 fully saturated rings. The number of aliphatic hydroxyl groups is 1. The molecule has 5 N–H and O–H groups in total. The second kappa shape index (κ2) is 22.7. The lowest BCUT2D eigenvalue weighted by atomic mass is 9.92. The van der Waals surface area contributed by atoms with Gasteiger partial charge in [0.25, 0.3) is 5.91 Å². The molecule has 0 aliphatic rings. The van der Waals surface area contributed by atoms with Gasteiger partial charge in [0.15, 0.2) is 0 Å². The number of amides is 3. The Bertz CT molecular complexity index is 1150. The molecule has 2 aromatic carbocycles. The van der Waals surface area contributed by atoms with Crippen molar-refractivity contribution in [2.75, 3.05) is 19.6 Å². The normalized spacial score (nSPS) is 11.9. The number of phenolic OH excluding ortho intramolecular Hbond substituents is 1. The SMILES string of the molecule is CC.CC.CC(CC(=O)NCC(C)(C)CNC(=O)[C@@H](O)CNC(=O)OC(C)(C)C)Cc1cc(F)ccc1F.Cc1ccc(O)cc1. The molecule has 0 radical (unpaired) electrons. The number of nitrogens with one attached hydrogen (secondary N) is 3. The van der Waals surface area contributed by atoms with Crippen LogP contribution in [0.2, 0.25) is 0 Å². The molecule has 2 aromatic rings. The number of phenols is 1. The molecule has 46 heavy (non-hydrogen) atoms. The first-order chi connectivity index (χ1) is 21.4. The minimum atomic E-state index is -1.46. The average Bonchev–Trinajstić information content (AvgIpc) is 2.98. The lowest BCUT2D eigenvalue weighted by Crippen LogP contribution is -2.48. The molecule has 1 unspecified atom stereocenters. The number of carbonyl (C=O) groups excluding carboxylic acids is 3. The minimum absolute atomic E-state index is 0.132. The molecular weight excluding hydrogens is 596 g/mol. The molecular formula is C35H57F2N3O6. The zero-order valence-corrected chi connectivity index (χ0v) is 29.5. The number of hydrogen-bond acceptors (Lipinski definition) is 6. The summed E-state index contributed by atoms with van der Waals surface area (Å²) >= 11 is 0. The molecule has 0 bridgehead atoms. The van der Waals surface area contributed by atoms with Crippen LogP contribution in [0.3, 0.4) is 0 Å². The summed E-state index contributed by atoms with van der Waals surface area (Å²) in [5.41, 5.74) is 0.173. The molecule has 0 aromatic heterocycles. The first kappa shape index (κ1) is 44.4. The van der Waals surface area contributed by atoms with E-state index in [2.05, 4.69) is 16.0 Å². The summed E-state index contributed by atoms with van der Waals surface area (Å²) < 4.78 is 32.1. The molecule has 11 heteroatoms. The van der Waals surface area contributed by atoms with Crippen LogP contribution in [0, 0.1) is 29.9 Å². The Labute approximate surface area is 274 Å². The number of halogens is 2. The Morgan fingerprint density at radius 1 is 0.870 bits per heavy atom. The summed E-state index contributed by atoms with van der Waals surface area (Å²) in [5.74, 6) is -1.81. The Kier molecular flexibility index (Phi) is 21.9. The predicted octanol–water partition coefficient (Wildman–Crippen LogP) is 6.43. The fourth-order valence-corrected chi connectivity index (χ4v) is 3.51. The van der Waals surface area contributed by atoms with Crippen LogP contribution < -0.4 is 16.0 Å². The van der Waals surface area contributed by atoms with Crippen molar-refractivity contribution in [3.05, 3.63) is 65.2 Å². The van der Waals surface area contributed by atoms with E-state index in [0.29, 0.717) is 5.75 Å². The van der Waals surface area contributed by atoms with E-state index in [1.54, 1.807) is 39.8 Å². The van der Waals surface area contributed by atoms with Gasteiger partial charge in [-0.2, -0.15) is 0 Å². The summed E-state index contributed by atoms with van der Waals surface area (Å²) in [4.78, 5) is 36.0. The van der Waals surface area contributed by atoms with Gasteiger partial charge >= 0.3 is 6.09 Å². The fourth-order valence-electron chi connectivity index (χ4n) is 3.51. The number of aryl methyl sites for hydroxylation is 1. The molecule has 0 aliphatic carbocycles. The highest BCUT2D eigenvalue weighted by Gasteiger charge is 2.24. The van der Waals surface area contributed by atoms with Gasteiger partial charge < -0.3 is 30.9 Å². The number of hydrogen-bond donors (Lipinski definition) is 5. The first-order valence-electron chi connectivity index (χ1n) is 15.8. The van der Waals surface area contributed by atoms with Gasteiger partial charge in [0.2, 0.25) is 5.91 Å². The summed E-state index contributed by atoms with van der Waals surface area (Å²) in [5, 5.41) is 26.4. The highest BCUT2D eigenvalue weighted by atomic mass is 19.1. The van der Waals surface area contributed by atoms with E-state index < -0.39 is 40.8 Å². The lowest BCUT2D eigenvalue weighted by Gasteiger charge is -2.26. The van der Waals surface area contributed by atoms with Crippen molar-refractivity contribution in [3.63, 3.8) is 0 Å². The topological polar surface area (TPSA) is 137 Å². The molecule has 2 rings (SSSR count).